The van der Waals surface area contributed by atoms with Crippen molar-refractivity contribution in [2.24, 2.45) is 23.4 Å². The molecule has 1 aliphatic rings. The van der Waals surface area contributed by atoms with Gasteiger partial charge in [-0.1, -0.05) is 32.8 Å². The van der Waals surface area contributed by atoms with Gasteiger partial charge in [-0.15, -0.1) is 16.8 Å². The highest BCUT2D eigenvalue weighted by Gasteiger charge is 2.31. The van der Waals surface area contributed by atoms with Crippen LogP contribution in [0.15, 0.2) is 17.6 Å². The fraction of sp³-hybridized carbons (Fsp3) is 0.722. The molecule has 0 aliphatic heterocycles. The van der Waals surface area contributed by atoms with E-state index < -0.39 is 0 Å². The molecule has 24 heavy (non-hydrogen) atoms. The first-order valence-corrected chi connectivity index (χ1v) is 8.92. The summed E-state index contributed by atoms with van der Waals surface area (Å²) < 4.78 is 1.97. The summed E-state index contributed by atoms with van der Waals surface area (Å²) in [5, 5.41) is 15.0. The molecular formula is C18H32N6. The molecule has 1 heterocycles. The van der Waals surface area contributed by atoms with Gasteiger partial charge in [0.1, 0.15) is 12.4 Å². The molecule has 1 saturated carbocycles. The van der Waals surface area contributed by atoms with Gasteiger partial charge in [-0.05, 0) is 31.1 Å². The van der Waals surface area contributed by atoms with Crippen molar-refractivity contribution in [2.75, 3.05) is 13.1 Å². The average molecular weight is 332 g/mol. The highest BCUT2D eigenvalue weighted by molar-refractivity contribution is 5.79. The molecule has 1 aliphatic carbocycles. The third kappa shape index (κ3) is 4.82. The van der Waals surface area contributed by atoms with Crippen molar-refractivity contribution in [3.8, 4) is 0 Å². The number of aryl methyl sites for hydroxylation is 1. The second-order valence-corrected chi connectivity index (χ2v) is 7.38. The van der Waals surface area contributed by atoms with E-state index >= 15 is 0 Å². The summed E-state index contributed by atoms with van der Waals surface area (Å²) in [4.78, 5) is 4.66. The van der Waals surface area contributed by atoms with Gasteiger partial charge in [-0.25, -0.2) is 4.99 Å². The number of guanidine groups is 1. The minimum Gasteiger partial charge on any atom is -0.356 e. The molecule has 0 radical (unpaired) electrons. The van der Waals surface area contributed by atoms with E-state index in [1.165, 1.54) is 25.7 Å². The maximum Gasteiger partial charge on any atom is 0.191 e. The molecule has 0 spiro atoms. The molecule has 0 bridgehead atoms. The Morgan fingerprint density at radius 3 is 2.62 bits per heavy atom. The molecule has 0 atom stereocenters. The largest absolute Gasteiger partial charge is 0.356 e. The summed E-state index contributed by atoms with van der Waals surface area (Å²) in [6.45, 7) is 12.5. The van der Waals surface area contributed by atoms with E-state index in [0.717, 1.165) is 30.1 Å². The molecule has 1 aromatic heterocycles. The van der Waals surface area contributed by atoms with Gasteiger partial charge in [0.15, 0.2) is 11.8 Å². The number of hydrogen-bond acceptors (Lipinski definition) is 3. The maximum absolute atomic E-state index is 4.66. The van der Waals surface area contributed by atoms with Crippen LogP contribution >= 0.6 is 0 Å². The predicted molar refractivity (Wildman–Crippen MR) is 98.8 cm³/mol. The lowest BCUT2D eigenvalue weighted by Gasteiger charge is -2.32. The van der Waals surface area contributed by atoms with Crippen LogP contribution in [-0.4, -0.2) is 33.8 Å². The number of aliphatic imine (C=N–C) groups is 1. The average Bonchev–Trinajstić information content (AvgIpc) is 3.20. The molecule has 6 nitrogen and oxygen atoms in total. The van der Waals surface area contributed by atoms with E-state index in [-0.39, 0.29) is 5.41 Å². The Kier molecular flexibility index (Phi) is 6.40. The van der Waals surface area contributed by atoms with E-state index in [2.05, 4.69) is 46.2 Å². The Hall–Kier alpha value is -1.85. The maximum atomic E-state index is 4.66. The van der Waals surface area contributed by atoms with Crippen molar-refractivity contribution in [2.45, 2.75) is 53.0 Å². The number of hydrogen-bond donors (Lipinski definition) is 2. The fourth-order valence-electron chi connectivity index (χ4n) is 3.24. The van der Waals surface area contributed by atoms with Gasteiger partial charge < -0.3 is 15.2 Å². The van der Waals surface area contributed by atoms with Crippen LogP contribution in [0.2, 0.25) is 0 Å². The minimum absolute atomic E-state index is 0.272. The van der Waals surface area contributed by atoms with E-state index in [4.69, 9.17) is 0 Å². The van der Waals surface area contributed by atoms with Crippen LogP contribution in [-0.2, 0) is 13.6 Å². The minimum atomic E-state index is 0.272. The molecule has 1 fully saturated rings. The molecule has 2 N–H and O–H groups in total. The van der Waals surface area contributed by atoms with Crippen molar-refractivity contribution < 1.29 is 0 Å². The van der Waals surface area contributed by atoms with Gasteiger partial charge in [0.2, 0.25) is 0 Å². The predicted octanol–water partition coefficient (Wildman–Crippen LogP) is 2.56. The van der Waals surface area contributed by atoms with Crippen molar-refractivity contribution in [1.82, 2.24) is 25.4 Å². The second kappa shape index (κ2) is 8.31. The molecule has 2 rings (SSSR count). The second-order valence-electron chi connectivity index (χ2n) is 7.38. The summed E-state index contributed by atoms with van der Waals surface area (Å²) in [7, 11) is 1.97. The zero-order valence-corrected chi connectivity index (χ0v) is 15.6. The van der Waals surface area contributed by atoms with Crippen LogP contribution in [0.5, 0.6) is 0 Å². The topological polar surface area (TPSA) is 67.1 Å². The number of nitrogens with zero attached hydrogens (tertiary/aromatic N) is 4. The highest BCUT2D eigenvalue weighted by Crippen LogP contribution is 2.38. The Morgan fingerprint density at radius 2 is 2.04 bits per heavy atom. The van der Waals surface area contributed by atoms with Gasteiger partial charge >= 0.3 is 0 Å². The first kappa shape index (κ1) is 18.5. The van der Waals surface area contributed by atoms with Gasteiger partial charge in [0.05, 0.1) is 0 Å². The molecule has 6 heteroatoms. The number of rotatable bonds is 7. The zero-order chi connectivity index (χ0) is 17.6. The van der Waals surface area contributed by atoms with E-state index in [1.807, 2.05) is 24.6 Å². The Morgan fingerprint density at radius 1 is 1.33 bits per heavy atom. The van der Waals surface area contributed by atoms with Crippen molar-refractivity contribution >= 4 is 5.96 Å². The molecule has 0 amide bonds. The van der Waals surface area contributed by atoms with Gasteiger partial charge in [-0.3, -0.25) is 0 Å². The SMILES string of the molecule is C=CCNC(=NCc1nnc(C)n1C)NCC(C)(C)C1CCCC1. The Labute approximate surface area is 145 Å². The summed E-state index contributed by atoms with van der Waals surface area (Å²) >= 11 is 0. The number of aromatic nitrogens is 3. The molecule has 0 aromatic carbocycles. The van der Waals surface area contributed by atoms with Crippen LogP contribution in [0, 0.1) is 18.3 Å². The first-order valence-electron chi connectivity index (χ1n) is 8.92. The summed E-state index contributed by atoms with van der Waals surface area (Å²) in [5.74, 6) is 3.37. The fourth-order valence-corrected chi connectivity index (χ4v) is 3.24. The van der Waals surface area contributed by atoms with Crippen molar-refractivity contribution in [3.63, 3.8) is 0 Å². The lowest BCUT2D eigenvalue weighted by atomic mass is 9.78. The van der Waals surface area contributed by atoms with Gasteiger partial charge in [0, 0.05) is 20.1 Å². The Bertz CT molecular complexity index is 566. The van der Waals surface area contributed by atoms with Crippen molar-refractivity contribution in [3.05, 3.63) is 24.3 Å². The molecule has 0 unspecified atom stereocenters. The van der Waals surface area contributed by atoms with Gasteiger partial charge in [-0.2, -0.15) is 0 Å². The van der Waals surface area contributed by atoms with Crippen LogP contribution in [0.3, 0.4) is 0 Å². The van der Waals surface area contributed by atoms with Crippen molar-refractivity contribution in [1.29, 1.82) is 0 Å². The third-order valence-corrected chi connectivity index (χ3v) is 5.15. The Balaban J connectivity index is 1.97. The zero-order valence-electron chi connectivity index (χ0n) is 15.6. The molecular weight excluding hydrogens is 300 g/mol. The summed E-state index contributed by atoms with van der Waals surface area (Å²) in [5.41, 5.74) is 0.272. The molecule has 1 aromatic rings. The standard InChI is InChI=1S/C18H32N6/c1-6-11-19-17(20-12-16-23-22-14(2)24(16)5)21-13-18(3,4)15-9-7-8-10-15/h6,15H,1,7-13H2,2-5H3,(H2,19,20,21). The summed E-state index contributed by atoms with van der Waals surface area (Å²) in [6.07, 6.45) is 7.27. The molecule has 0 saturated heterocycles. The van der Waals surface area contributed by atoms with Gasteiger partial charge in [0.25, 0.3) is 0 Å². The molecule has 134 valence electrons. The lowest BCUT2D eigenvalue weighted by molar-refractivity contribution is 0.218. The quantitative estimate of drug-likeness (QED) is 0.457. The monoisotopic (exact) mass is 332 g/mol. The number of nitrogens with one attached hydrogen (secondary N) is 2. The van der Waals surface area contributed by atoms with Crippen LogP contribution in [0.4, 0.5) is 0 Å². The lowest BCUT2D eigenvalue weighted by Crippen LogP contribution is -2.44. The van der Waals surface area contributed by atoms with Crippen LogP contribution in [0.25, 0.3) is 0 Å². The highest BCUT2D eigenvalue weighted by atomic mass is 15.3. The smallest absolute Gasteiger partial charge is 0.191 e. The van der Waals surface area contributed by atoms with E-state index in [9.17, 15) is 0 Å². The normalized spacial score (nSPS) is 16.4. The van der Waals surface area contributed by atoms with E-state index in [0.29, 0.717) is 13.1 Å². The third-order valence-electron chi connectivity index (χ3n) is 5.15. The van der Waals surface area contributed by atoms with Crippen LogP contribution in [0.1, 0.15) is 51.2 Å². The van der Waals surface area contributed by atoms with Crippen LogP contribution < -0.4 is 10.6 Å². The van der Waals surface area contributed by atoms with E-state index in [1.54, 1.807) is 0 Å². The first-order chi connectivity index (χ1) is 11.4. The summed E-state index contributed by atoms with van der Waals surface area (Å²) in [6, 6.07) is 0.